The van der Waals surface area contributed by atoms with Gasteiger partial charge >= 0.3 is 0 Å². The molecule has 2 rings (SSSR count). The van der Waals surface area contributed by atoms with Crippen molar-refractivity contribution in [2.24, 2.45) is 0 Å². The van der Waals surface area contributed by atoms with Gasteiger partial charge in [0.25, 0.3) is 5.91 Å². The largest absolute Gasteiger partial charge is 0.398 e. The zero-order chi connectivity index (χ0) is 15.7. The fourth-order valence-corrected chi connectivity index (χ4v) is 2.32. The lowest BCUT2D eigenvalue weighted by atomic mass is 10.0. The van der Waals surface area contributed by atoms with Crippen LogP contribution in [0, 0.1) is 32.4 Å². The number of rotatable bonds is 2. The highest BCUT2D eigenvalue weighted by atomic mass is 19.2. The molecule has 0 radical (unpaired) electrons. The van der Waals surface area contributed by atoms with Gasteiger partial charge in [-0.1, -0.05) is 17.7 Å². The maximum atomic E-state index is 13.3. The van der Waals surface area contributed by atoms with Crippen molar-refractivity contribution < 1.29 is 13.6 Å². The van der Waals surface area contributed by atoms with Crippen molar-refractivity contribution in [2.75, 3.05) is 11.1 Å². The summed E-state index contributed by atoms with van der Waals surface area (Å²) >= 11 is 0. The molecule has 21 heavy (non-hydrogen) atoms. The smallest absolute Gasteiger partial charge is 0.257 e. The summed E-state index contributed by atoms with van der Waals surface area (Å²) in [5.74, 6) is -2.75. The molecule has 0 unspecified atom stereocenters. The fraction of sp³-hybridized carbons (Fsp3) is 0.188. The summed E-state index contributed by atoms with van der Waals surface area (Å²) in [6, 6.07) is 5.46. The second kappa shape index (κ2) is 5.52. The van der Waals surface area contributed by atoms with Crippen LogP contribution in [-0.2, 0) is 0 Å². The molecule has 0 aliphatic heterocycles. The van der Waals surface area contributed by atoms with Crippen LogP contribution in [0.25, 0.3) is 0 Å². The van der Waals surface area contributed by atoms with Crippen molar-refractivity contribution in [1.82, 2.24) is 0 Å². The van der Waals surface area contributed by atoms with Gasteiger partial charge in [-0.15, -0.1) is 0 Å². The molecule has 0 heterocycles. The minimum atomic E-state index is -1.10. The second-order valence-corrected chi connectivity index (χ2v) is 5.08. The first-order chi connectivity index (χ1) is 9.79. The molecule has 3 N–H and O–H groups in total. The van der Waals surface area contributed by atoms with Crippen LogP contribution < -0.4 is 11.1 Å². The second-order valence-electron chi connectivity index (χ2n) is 5.08. The zero-order valence-electron chi connectivity index (χ0n) is 12.1. The molecule has 0 aromatic heterocycles. The Kier molecular flexibility index (Phi) is 3.93. The van der Waals surface area contributed by atoms with E-state index in [-0.39, 0.29) is 11.3 Å². The number of anilines is 2. The molecule has 0 aliphatic rings. The molecule has 1 amide bonds. The SMILES string of the molecule is Cc1cc(C)c(NC(=O)c2cc(F)c(F)cc2N)c(C)c1. The predicted molar refractivity (Wildman–Crippen MR) is 79.4 cm³/mol. The summed E-state index contributed by atoms with van der Waals surface area (Å²) in [5.41, 5.74) is 8.89. The lowest BCUT2D eigenvalue weighted by Crippen LogP contribution is -2.16. The van der Waals surface area contributed by atoms with Gasteiger partial charge in [-0.3, -0.25) is 4.79 Å². The van der Waals surface area contributed by atoms with E-state index in [9.17, 15) is 13.6 Å². The standard InChI is InChI=1S/C16H16F2N2O/c1-8-4-9(2)15(10(3)5-8)20-16(21)11-6-12(17)13(18)7-14(11)19/h4-7H,19H2,1-3H3,(H,20,21). The van der Waals surface area contributed by atoms with Crippen LogP contribution in [0.3, 0.4) is 0 Å². The van der Waals surface area contributed by atoms with E-state index in [4.69, 9.17) is 5.73 Å². The van der Waals surface area contributed by atoms with Crippen molar-refractivity contribution in [3.63, 3.8) is 0 Å². The molecular weight excluding hydrogens is 274 g/mol. The van der Waals surface area contributed by atoms with Gasteiger partial charge in [0.15, 0.2) is 11.6 Å². The minimum Gasteiger partial charge on any atom is -0.398 e. The average molecular weight is 290 g/mol. The third-order valence-electron chi connectivity index (χ3n) is 3.25. The first-order valence-electron chi connectivity index (χ1n) is 6.43. The van der Waals surface area contributed by atoms with Crippen LogP contribution in [0.5, 0.6) is 0 Å². The van der Waals surface area contributed by atoms with E-state index in [1.54, 1.807) is 0 Å². The van der Waals surface area contributed by atoms with Crippen LogP contribution in [0.4, 0.5) is 20.2 Å². The Balaban J connectivity index is 2.37. The van der Waals surface area contributed by atoms with Crippen molar-refractivity contribution in [3.8, 4) is 0 Å². The number of nitrogens with one attached hydrogen (secondary N) is 1. The molecule has 0 aliphatic carbocycles. The van der Waals surface area contributed by atoms with E-state index in [1.165, 1.54) is 0 Å². The molecule has 5 heteroatoms. The number of carbonyl (C=O) groups is 1. The van der Waals surface area contributed by atoms with E-state index < -0.39 is 17.5 Å². The summed E-state index contributed by atoms with van der Waals surface area (Å²) < 4.78 is 26.3. The van der Waals surface area contributed by atoms with E-state index in [1.807, 2.05) is 32.9 Å². The lowest BCUT2D eigenvalue weighted by molar-refractivity contribution is 0.102. The van der Waals surface area contributed by atoms with Gasteiger partial charge in [-0.25, -0.2) is 8.78 Å². The first kappa shape index (κ1) is 15.0. The van der Waals surface area contributed by atoms with E-state index in [0.717, 1.165) is 28.8 Å². The third-order valence-corrected chi connectivity index (χ3v) is 3.25. The van der Waals surface area contributed by atoms with E-state index in [2.05, 4.69) is 5.32 Å². The maximum Gasteiger partial charge on any atom is 0.257 e. The molecule has 110 valence electrons. The van der Waals surface area contributed by atoms with Gasteiger partial charge in [0.05, 0.1) is 5.56 Å². The molecule has 0 atom stereocenters. The fourth-order valence-electron chi connectivity index (χ4n) is 2.32. The quantitative estimate of drug-likeness (QED) is 0.828. The topological polar surface area (TPSA) is 55.1 Å². The molecule has 0 saturated carbocycles. The Morgan fingerprint density at radius 3 is 2.10 bits per heavy atom. The van der Waals surface area contributed by atoms with E-state index in [0.29, 0.717) is 5.69 Å². The number of benzene rings is 2. The van der Waals surface area contributed by atoms with Crippen LogP contribution in [0.1, 0.15) is 27.0 Å². The zero-order valence-corrected chi connectivity index (χ0v) is 12.1. The number of halogens is 2. The monoisotopic (exact) mass is 290 g/mol. The average Bonchev–Trinajstić information content (AvgIpc) is 2.37. The Hall–Kier alpha value is -2.43. The van der Waals surface area contributed by atoms with Crippen molar-refractivity contribution >= 4 is 17.3 Å². The molecule has 0 bridgehead atoms. The Morgan fingerprint density at radius 1 is 1.00 bits per heavy atom. The van der Waals surface area contributed by atoms with Gasteiger partial charge in [0, 0.05) is 17.4 Å². The molecular formula is C16H16F2N2O. The lowest BCUT2D eigenvalue weighted by Gasteiger charge is -2.14. The molecule has 2 aromatic rings. The van der Waals surface area contributed by atoms with Crippen LogP contribution in [0.2, 0.25) is 0 Å². The van der Waals surface area contributed by atoms with Crippen molar-refractivity contribution in [2.45, 2.75) is 20.8 Å². The Morgan fingerprint density at radius 2 is 1.52 bits per heavy atom. The summed E-state index contributed by atoms with van der Waals surface area (Å²) in [5, 5.41) is 2.70. The minimum absolute atomic E-state index is 0.0896. The van der Waals surface area contributed by atoms with Crippen molar-refractivity contribution in [3.05, 3.63) is 58.2 Å². The van der Waals surface area contributed by atoms with Gasteiger partial charge in [0.1, 0.15) is 0 Å². The summed E-state index contributed by atoms with van der Waals surface area (Å²) in [6.45, 7) is 5.69. The maximum absolute atomic E-state index is 13.3. The number of carbonyl (C=O) groups excluding carboxylic acids is 1. The number of hydrogen-bond acceptors (Lipinski definition) is 2. The highest BCUT2D eigenvalue weighted by Crippen LogP contribution is 2.24. The normalized spacial score (nSPS) is 10.5. The number of hydrogen-bond donors (Lipinski definition) is 2. The molecule has 3 nitrogen and oxygen atoms in total. The number of aryl methyl sites for hydroxylation is 3. The highest BCUT2D eigenvalue weighted by Gasteiger charge is 2.16. The van der Waals surface area contributed by atoms with Gasteiger partial charge in [-0.2, -0.15) is 0 Å². The molecule has 0 spiro atoms. The molecule has 0 saturated heterocycles. The van der Waals surface area contributed by atoms with Crippen LogP contribution >= 0.6 is 0 Å². The first-order valence-corrected chi connectivity index (χ1v) is 6.43. The van der Waals surface area contributed by atoms with Crippen LogP contribution in [0.15, 0.2) is 24.3 Å². The summed E-state index contributed by atoms with van der Waals surface area (Å²) in [6.07, 6.45) is 0. The third kappa shape index (κ3) is 3.02. The van der Waals surface area contributed by atoms with Crippen molar-refractivity contribution in [1.29, 1.82) is 0 Å². The number of amides is 1. The number of nitrogen functional groups attached to an aromatic ring is 1. The Labute approximate surface area is 121 Å². The summed E-state index contributed by atoms with van der Waals surface area (Å²) in [4.78, 5) is 12.2. The van der Waals surface area contributed by atoms with E-state index >= 15 is 0 Å². The predicted octanol–water partition coefficient (Wildman–Crippen LogP) is 3.72. The molecule has 0 fully saturated rings. The van der Waals surface area contributed by atoms with Gasteiger partial charge < -0.3 is 11.1 Å². The van der Waals surface area contributed by atoms with Gasteiger partial charge in [0.2, 0.25) is 0 Å². The molecule has 2 aromatic carbocycles. The Bertz CT molecular complexity index is 703. The highest BCUT2D eigenvalue weighted by molar-refractivity contribution is 6.08. The summed E-state index contributed by atoms with van der Waals surface area (Å²) in [7, 11) is 0. The van der Waals surface area contributed by atoms with Crippen LogP contribution in [-0.4, -0.2) is 5.91 Å². The number of nitrogens with two attached hydrogens (primary N) is 1. The van der Waals surface area contributed by atoms with Gasteiger partial charge in [-0.05, 0) is 38.0 Å².